The highest BCUT2D eigenvalue weighted by Crippen LogP contribution is 2.30. The Bertz CT molecular complexity index is 339. The van der Waals surface area contributed by atoms with Crippen LogP contribution in [0.1, 0.15) is 38.5 Å². The molecule has 15 heavy (non-hydrogen) atoms. The molecule has 1 unspecified atom stereocenters. The van der Waals surface area contributed by atoms with E-state index in [9.17, 15) is 13.2 Å². The van der Waals surface area contributed by atoms with Crippen molar-refractivity contribution in [3.8, 4) is 0 Å². The molecule has 0 radical (unpaired) electrons. The maximum atomic E-state index is 12.0. The Balaban J connectivity index is 1.96. The second kappa shape index (κ2) is 4.24. The summed E-state index contributed by atoms with van der Waals surface area (Å²) in [5, 5.41) is 0. The molecule has 1 aliphatic heterocycles. The molecule has 1 atom stereocenters. The minimum Gasteiger partial charge on any atom is -0.299 e. The van der Waals surface area contributed by atoms with E-state index in [1.807, 2.05) is 0 Å². The number of hydrogen-bond acceptors (Lipinski definition) is 3. The van der Waals surface area contributed by atoms with E-state index >= 15 is 0 Å². The Kier molecular flexibility index (Phi) is 3.14. The molecule has 2 aliphatic rings. The number of sulfone groups is 1. The number of hydrogen-bond donors (Lipinski definition) is 0. The zero-order valence-corrected chi connectivity index (χ0v) is 9.76. The van der Waals surface area contributed by atoms with Gasteiger partial charge >= 0.3 is 0 Å². The molecule has 3 nitrogen and oxygen atoms in total. The molecule has 4 heteroatoms. The second-order valence-corrected chi connectivity index (χ2v) is 7.07. The minimum absolute atomic E-state index is 0.113. The van der Waals surface area contributed by atoms with Gasteiger partial charge in [-0.1, -0.05) is 19.3 Å². The highest BCUT2D eigenvalue weighted by atomic mass is 32.2. The van der Waals surface area contributed by atoms with Crippen molar-refractivity contribution in [2.75, 3.05) is 11.5 Å². The summed E-state index contributed by atoms with van der Waals surface area (Å²) in [6, 6.07) is 0. The van der Waals surface area contributed by atoms with Crippen LogP contribution in [0.3, 0.4) is 0 Å². The molecule has 0 bridgehead atoms. The van der Waals surface area contributed by atoms with Gasteiger partial charge in [-0.15, -0.1) is 0 Å². The average molecular weight is 230 g/mol. The van der Waals surface area contributed by atoms with Gasteiger partial charge in [-0.25, -0.2) is 8.42 Å². The van der Waals surface area contributed by atoms with Crippen molar-refractivity contribution in [3.63, 3.8) is 0 Å². The number of ketones is 1. The third-order valence-electron chi connectivity index (χ3n) is 3.64. The molecule has 86 valence electrons. The van der Waals surface area contributed by atoms with Crippen LogP contribution in [-0.2, 0) is 14.6 Å². The Hall–Kier alpha value is -0.380. The molecule has 1 aliphatic carbocycles. The van der Waals surface area contributed by atoms with Crippen LogP contribution in [-0.4, -0.2) is 25.7 Å². The summed E-state index contributed by atoms with van der Waals surface area (Å²) in [5.74, 6) is 0.546. The zero-order chi connectivity index (χ0) is 10.9. The molecule has 0 aromatic rings. The van der Waals surface area contributed by atoms with E-state index in [-0.39, 0.29) is 29.1 Å². The van der Waals surface area contributed by atoms with Gasteiger partial charge in [-0.3, -0.25) is 4.79 Å². The maximum absolute atomic E-state index is 12.0. The fourth-order valence-corrected chi connectivity index (χ4v) is 4.49. The molecule has 0 aromatic heterocycles. The lowest BCUT2D eigenvalue weighted by atomic mass is 9.81. The number of rotatable bonds is 2. The van der Waals surface area contributed by atoms with E-state index in [1.165, 1.54) is 6.42 Å². The predicted octanol–water partition coefficient (Wildman–Crippen LogP) is 1.57. The first-order valence-electron chi connectivity index (χ1n) is 5.83. The smallest absolute Gasteiger partial charge is 0.151 e. The van der Waals surface area contributed by atoms with Crippen molar-refractivity contribution in [1.82, 2.24) is 0 Å². The second-order valence-electron chi connectivity index (χ2n) is 4.84. The fraction of sp³-hybridized carbons (Fsp3) is 0.909. The van der Waals surface area contributed by atoms with Gasteiger partial charge in [0.2, 0.25) is 0 Å². The number of carbonyl (C=O) groups is 1. The Labute approximate surface area is 91.2 Å². The van der Waals surface area contributed by atoms with Crippen LogP contribution in [0.25, 0.3) is 0 Å². The van der Waals surface area contributed by atoms with Crippen LogP contribution < -0.4 is 0 Å². The third kappa shape index (κ3) is 2.60. The van der Waals surface area contributed by atoms with Crippen molar-refractivity contribution in [2.24, 2.45) is 11.8 Å². The Morgan fingerprint density at radius 2 is 1.60 bits per heavy atom. The van der Waals surface area contributed by atoms with Gasteiger partial charge in [0, 0.05) is 11.8 Å². The van der Waals surface area contributed by atoms with E-state index in [2.05, 4.69) is 0 Å². The highest BCUT2D eigenvalue weighted by Gasteiger charge is 2.36. The van der Waals surface area contributed by atoms with Gasteiger partial charge in [-0.05, 0) is 19.3 Å². The molecule has 1 saturated carbocycles. The Morgan fingerprint density at radius 3 is 2.13 bits per heavy atom. The highest BCUT2D eigenvalue weighted by molar-refractivity contribution is 7.91. The summed E-state index contributed by atoms with van der Waals surface area (Å²) in [6.07, 6.45) is 6.03. The van der Waals surface area contributed by atoms with Crippen LogP contribution >= 0.6 is 0 Å². The summed E-state index contributed by atoms with van der Waals surface area (Å²) in [5.41, 5.74) is 0. The van der Waals surface area contributed by atoms with Crippen molar-refractivity contribution in [1.29, 1.82) is 0 Å². The first kappa shape index (κ1) is 11.1. The van der Waals surface area contributed by atoms with Gasteiger partial charge in [0.15, 0.2) is 9.84 Å². The molecule has 2 rings (SSSR count). The van der Waals surface area contributed by atoms with E-state index in [1.54, 1.807) is 0 Å². The molecular formula is C11H18O3S. The van der Waals surface area contributed by atoms with E-state index in [4.69, 9.17) is 0 Å². The number of carbonyl (C=O) groups excluding carboxylic acids is 1. The lowest BCUT2D eigenvalue weighted by Gasteiger charge is -2.22. The average Bonchev–Trinajstić information content (AvgIpc) is 2.59. The molecule has 1 saturated heterocycles. The summed E-state index contributed by atoms with van der Waals surface area (Å²) in [4.78, 5) is 12.0. The topological polar surface area (TPSA) is 51.2 Å². The van der Waals surface area contributed by atoms with Crippen molar-refractivity contribution < 1.29 is 13.2 Å². The quantitative estimate of drug-likeness (QED) is 0.723. The van der Waals surface area contributed by atoms with Crippen LogP contribution in [0.4, 0.5) is 0 Å². The Morgan fingerprint density at radius 1 is 0.933 bits per heavy atom. The molecule has 0 amide bonds. The SMILES string of the molecule is O=C(C1CCCCC1)C1CCS(=O)(=O)C1. The fourth-order valence-electron chi connectivity index (χ4n) is 2.74. The van der Waals surface area contributed by atoms with Gasteiger partial charge < -0.3 is 0 Å². The minimum atomic E-state index is -2.90. The summed E-state index contributed by atoms with van der Waals surface area (Å²) >= 11 is 0. The lowest BCUT2D eigenvalue weighted by molar-refractivity contribution is -0.127. The maximum Gasteiger partial charge on any atom is 0.151 e. The summed E-state index contributed by atoms with van der Waals surface area (Å²) in [6.45, 7) is 0. The van der Waals surface area contributed by atoms with E-state index < -0.39 is 9.84 Å². The zero-order valence-electron chi connectivity index (χ0n) is 8.94. The molecule has 0 aromatic carbocycles. The molecule has 1 heterocycles. The largest absolute Gasteiger partial charge is 0.299 e. The molecular weight excluding hydrogens is 212 g/mol. The van der Waals surface area contributed by atoms with Crippen LogP contribution in [0.5, 0.6) is 0 Å². The monoisotopic (exact) mass is 230 g/mol. The van der Waals surface area contributed by atoms with E-state index in [0.29, 0.717) is 6.42 Å². The number of Topliss-reactive ketones (excluding diaryl/α,β-unsaturated/α-hetero) is 1. The van der Waals surface area contributed by atoms with Gasteiger partial charge in [0.1, 0.15) is 5.78 Å². The van der Waals surface area contributed by atoms with Gasteiger partial charge in [-0.2, -0.15) is 0 Å². The molecule has 2 fully saturated rings. The molecule has 0 spiro atoms. The molecule has 0 N–H and O–H groups in total. The summed E-state index contributed by atoms with van der Waals surface area (Å²) < 4.78 is 22.6. The predicted molar refractivity (Wildman–Crippen MR) is 58.3 cm³/mol. The first-order chi connectivity index (χ1) is 7.08. The van der Waals surface area contributed by atoms with Crippen molar-refractivity contribution >= 4 is 15.6 Å². The van der Waals surface area contributed by atoms with Gasteiger partial charge in [0.05, 0.1) is 11.5 Å². The van der Waals surface area contributed by atoms with Gasteiger partial charge in [0.25, 0.3) is 0 Å². The van der Waals surface area contributed by atoms with Crippen LogP contribution in [0, 0.1) is 11.8 Å². The lowest BCUT2D eigenvalue weighted by Crippen LogP contribution is -2.26. The van der Waals surface area contributed by atoms with Crippen molar-refractivity contribution in [3.05, 3.63) is 0 Å². The van der Waals surface area contributed by atoms with Crippen LogP contribution in [0.2, 0.25) is 0 Å². The van der Waals surface area contributed by atoms with Crippen molar-refractivity contribution in [2.45, 2.75) is 38.5 Å². The first-order valence-corrected chi connectivity index (χ1v) is 7.65. The summed E-state index contributed by atoms with van der Waals surface area (Å²) in [7, 11) is -2.90. The third-order valence-corrected chi connectivity index (χ3v) is 5.41. The standard InChI is InChI=1S/C11H18O3S/c12-11(9-4-2-1-3-5-9)10-6-7-15(13,14)8-10/h9-10H,1-8H2. The van der Waals surface area contributed by atoms with Crippen LogP contribution in [0.15, 0.2) is 0 Å². The van der Waals surface area contributed by atoms with E-state index in [0.717, 1.165) is 25.7 Å². The normalized spacial score (nSPS) is 31.6.